The summed E-state index contributed by atoms with van der Waals surface area (Å²) in [6.07, 6.45) is 8.93. The number of hydrogen-bond acceptors (Lipinski definition) is 5. The quantitative estimate of drug-likeness (QED) is 0.779. The van der Waals surface area contributed by atoms with Gasteiger partial charge in [0.05, 0.1) is 31.1 Å². The lowest BCUT2D eigenvalue weighted by molar-refractivity contribution is -0.125. The molecule has 3 heterocycles. The number of rotatable bonds is 2. The summed E-state index contributed by atoms with van der Waals surface area (Å²) < 4.78 is 5.54. The van der Waals surface area contributed by atoms with Crippen molar-refractivity contribution in [1.29, 1.82) is 0 Å². The van der Waals surface area contributed by atoms with Crippen LogP contribution in [0.5, 0.6) is 0 Å². The van der Waals surface area contributed by atoms with E-state index in [0.717, 1.165) is 61.2 Å². The first-order valence-corrected chi connectivity index (χ1v) is 11.7. The molecule has 3 fully saturated rings. The maximum Gasteiger partial charge on any atom is 0.231 e. The van der Waals surface area contributed by atoms with Gasteiger partial charge in [-0.05, 0) is 55.4 Å². The fourth-order valence-electron chi connectivity index (χ4n) is 5.76. The van der Waals surface area contributed by atoms with Gasteiger partial charge in [-0.1, -0.05) is 18.9 Å². The number of morpholine rings is 1. The fourth-order valence-corrected chi connectivity index (χ4v) is 5.76. The van der Waals surface area contributed by atoms with Crippen molar-refractivity contribution in [3.8, 4) is 0 Å². The van der Waals surface area contributed by atoms with E-state index >= 15 is 0 Å². The van der Waals surface area contributed by atoms with Gasteiger partial charge in [0.25, 0.3) is 0 Å². The molecular formula is C25H30N4O2. The summed E-state index contributed by atoms with van der Waals surface area (Å²) in [6, 6.07) is 10.5. The van der Waals surface area contributed by atoms with Crippen LogP contribution in [-0.4, -0.2) is 37.2 Å². The molecule has 0 radical (unpaired) electrons. The Labute approximate surface area is 183 Å². The Kier molecular flexibility index (Phi) is 4.64. The van der Waals surface area contributed by atoms with Crippen molar-refractivity contribution in [2.75, 3.05) is 41.4 Å². The van der Waals surface area contributed by atoms with E-state index in [2.05, 4.69) is 44.4 Å². The van der Waals surface area contributed by atoms with E-state index in [9.17, 15) is 4.79 Å². The molecule has 1 unspecified atom stereocenters. The highest BCUT2D eigenvalue weighted by Crippen LogP contribution is 2.60. The molecule has 162 valence electrons. The molecule has 6 rings (SSSR count). The third-order valence-corrected chi connectivity index (χ3v) is 7.73. The maximum atomic E-state index is 14.1. The predicted octanol–water partition coefficient (Wildman–Crippen LogP) is 4.48. The van der Waals surface area contributed by atoms with Crippen LogP contribution in [0.2, 0.25) is 0 Å². The Morgan fingerprint density at radius 3 is 2.84 bits per heavy atom. The lowest BCUT2D eigenvalue weighted by atomic mass is 9.75. The van der Waals surface area contributed by atoms with Gasteiger partial charge in [0.1, 0.15) is 5.82 Å². The van der Waals surface area contributed by atoms with Crippen molar-refractivity contribution in [2.24, 2.45) is 11.3 Å². The summed E-state index contributed by atoms with van der Waals surface area (Å²) in [5.74, 6) is 1.30. The number of carbonyl (C=O) groups is 1. The van der Waals surface area contributed by atoms with E-state index in [4.69, 9.17) is 4.74 Å². The van der Waals surface area contributed by atoms with Gasteiger partial charge >= 0.3 is 0 Å². The smallest absolute Gasteiger partial charge is 0.231 e. The molecule has 2 saturated carbocycles. The molecule has 4 aliphatic rings. The minimum Gasteiger partial charge on any atom is -0.378 e. The zero-order valence-electron chi connectivity index (χ0n) is 18.0. The van der Waals surface area contributed by atoms with E-state index in [1.807, 2.05) is 12.3 Å². The van der Waals surface area contributed by atoms with E-state index < -0.39 is 0 Å². The van der Waals surface area contributed by atoms with Crippen LogP contribution in [0.4, 0.5) is 22.9 Å². The molecule has 2 aliphatic carbocycles. The highest BCUT2D eigenvalue weighted by atomic mass is 16.5. The molecule has 1 spiro atoms. The topological polar surface area (TPSA) is 57.7 Å². The van der Waals surface area contributed by atoms with Gasteiger partial charge in [-0.15, -0.1) is 0 Å². The zero-order chi connectivity index (χ0) is 20.8. The van der Waals surface area contributed by atoms with Gasteiger partial charge in [0, 0.05) is 36.5 Å². The predicted molar refractivity (Wildman–Crippen MR) is 122 cm³/mol. The number of carbonyl (C=O) groups excluding carboxylic acids is 1. The van der Waals surface area contributed by atoms with Crippen LogP contribution in [0.25, 0.3) is 0 Å². The van der Waals surface area contributed by atoms with Crippen molar-refractivity contribution in [3.63, 3.8) is 0 Å². The number of nitrogens with zero attached hydrogens (tertiary/aromatic N) is 3. The number of hydrogen-bond donors (Lipinski definition) is 1. The second kappa shape index (κ2) is 7.52. The third-order valence-electron chi connectivity index (χ3n) is 7.73. The molecule has 31 heavy (non-hydrogen) atoms. The zero-order valence-corrected chi connectivity index (χ0v) is 18.0. The van der Waals surface area contributed by atoms with Crippen LogP contribution in [-0.2, 0) is 16.1 Å². The number of fused-ring (bicyclic) bond motifs is 2. The van der Waals surface area contributed by atoms with Crippen LogP contribution in [0.1, 0.15) is 44.1 Å². The van der Waals surface area contributed by atoms with Gasteiger partial charge in [-0.25, -0.2) is 4.98 Å². The van der Waals surface area contributed by atoms with Gasteiger partial charge in [0.2, 0.25) is 5.91 Å². The lowest BCUT2D eigenvalue weighted by Crippen LogP contribution is -2.41. The van der Waals surface area contributed by atoms with Crippen LogP contribution in [0, 0.1) is 11.3 Å². The Morgan fingerprint density at radius 1 is 1.13 bits per heavy atom. The Morgan fingerprint density at radius 2 is 2.00 bits per heavy atom. The second-order valence-electron chi connectivity index (χ2n) is 9.52. The van der Waals surface area contributed by atoms with Gasteiger partial charge in [0.15, 0.2) is 0 Å². The molecule has 2 aromatic rings. The molecule has 1 saturated heterocycles. The maximum absolute atomic E-state index is 14.1. The molecular weight excluding hydrogens is 388 g/mol. The monoisotopic (exact) mass is 418 g/mol. The molecule has 1 aromatic heterocycles. The molecule has 1 atom stereocenters. The van der Waals surface area contributed by atoms with Crippen LogP contribution < -0.4 is 15.1 Å². The second-order valence-corrected chi connectivity index (χ2v) is 9.52. The van der Waals surface area contributed by atoms with Crippen molar-refractivity contribution in [1.82, 2.24) is 4.98 Å². The lowest BCUT2D eigenvalue weighted by Gasteiger charge is -2.36. The summed E-state index contributed by atoms with van der Waals surface area (Å²) in [7, 11) is 0. The highest BCUT2D eigenvalue weighted by Gasteiger charge is 2.54. The summed E-state index contributed by atoms with van der Waals surface area (Å²) in [5, 5.41) is 3.51. The summed E-state index contributed by atoms with van der Waals surface area (Å²) >= 11 is 0. The number of anilines is 4. The molecule has 1 aromatic carbocycles. The molecule has 6 heteroatoms. The minimum absolute atomic E-state index is 0.152. The molecule has 6 nitrogen and oxygen atoms in total. The van der Waals surface area contributed by atoms with Crippen LogP contribution in [0.15, 0.2) is 36.5 Å². The van der Waals surface area contributed by atoms with Crippen molar-refractivity contribution < 1.29 is 9.53 Å². The van der Waals surface area contributed by atoms with Crippen molar-refractivity contribution >= 4 is 28.8 Å². The van der Waals surface area contributed by atoms with E-state index in [-0.39, 0.29) is 11.3 Å². The largest absolute Gasteiger partial charge is 0.378 e. The summed E-state index contributed by atoms with van der Waals surface area (Å²) in [4.78, 5) is 23.0. The van der Waals surface area contributed by atoms with Gasteiger partial charge < -0.3 is 19.9 Å². The first-order valence-electron chi connectivity index (χ1n) is 11.7. The molecule has 0 bridgehead atoms. The van der Waals surface area contributed by atoms with Crippen LogP contribution >= 0.6 is 0 Å². The SMILES string of the molecule is O=C(C1CCCCC12CC2)N1Cc2cccnc2Nc2ccc(N3CCOCC3)cc21. The van der Waals surface area contributed by atoms with E-state index in [1.165, 1.54) is 32.1 Å². The number of aromatic nitrogens is 1. The first kappa shape index (κ1) is 19.1. The highest BCUT2D eigenvalue weighted by molar-refractivity contribution is 6.01. The first-order chi connectivity index (χ1) is 15.2. The number of benzene rings is 1. The normalized spacial score (nSPS) is 24.1. The summed E-state index contributed by atoms with van der Waals surface area (Å²) in [6.45, 7) is 3.83. The standard InChI is InChI=1S/C25H30N4O2/c30-24(20-5-1-2-8-25(20)9-10-25)29-17-18-4-3-11-26-23(18)27-21-7-6-19(16-22(21)29)28-12-14-31-15-13-28/h3-4,6-7,11,16,20H,1-2,5,8-10,12-15,17H2,(H,26,27). The van der Waals surface area contributed by atoms with Crippen LogP contribution in [0.3, 0.4) is 0 Å². The molecule has 1 amide bonds. The fraction of sp³-hybridized carbons (Fsp3) is 0.520. The molecule has 1 N–H and O–H groups in total. The number of ether oxygens (including phenoxy) is 1. The van der Waals surface area contributed by atoms with E-state index in [0.29, 0.717) is 12.5 Å². The Hall–Kier alpha value is -2.60. The number of amides is 1. The third kappa shape index (κ3) is 3.37. The average Bonchev–Trinajstić information content (AvgIpc) is 3.60. The number of nitrogens with one attached hydrogen (secondary N) is 1. The molecule has 2 aliphatic heterocycles. The minimum atomic E-state index is 0.152. The summed E-state index contributed by atoms with van der Waals surface area (Å²) in [5.41, 5.74) is 4.44. The van der Waals surface area contributed by atoms with E-state index in [1.54, 1.807) is 0 Å². The Balaban J connectivity index is 1.41. The van der Waals surface area contributed by atoms with Gasteiger partial charge in [-0.3, -0.25) is 4.79 Å². The van der Waals surface area contributed by atoms with Crippen molar-refractivity contribution in [3.05, 3.63) is 42.1 Å². The Bertz CT molecular complexity index is 997. The van der Waals surface area contributed by atoms with Gasteiger partial charge in [-0.2, -0.15) is 0 Å². The average molecular weight is 419 g/mol. The number of pyridine rings is 1. The van der Waals surface area contributed by atoms with Crippen molar-refractivity contribution in [2.45, 2.75) is 45.1 Å².